The number of hydroxylamine groups is 2. The van der Waals surface area contributed by atoms with Gasteiger partial charge < -0.3 is 5.21 Å². The summed E-state index contributed by atoms with van der Waals surface area (Å²) in [6, 6.07) is 9.12. The Kier molecular flexibility index (Phi) is 2.05. The van der Waals surface area contributed by atoms with E-state index in [1.54, 1.807) is 12.2 Å². The van der Waals surface area contributed by atoms with E-state index >= 15 is 0 Å². The molecule has 0 fully saturated rings. The van der Waals surface area contributed by atoms with Crippen LogP contribution in [0.15, 0.2) is 41.6 Å². The maximum absolute atomic E-state index is 11.5. The maximum Gasteiger partial charge on any atom is 0.195 e. The first-order chi connectivity index (χ1) is 9.33. The zero-order valence-electron chi connectivity index (χ0n) is 9.72. The van der Waals surface area contributed by atoms with E-state index in [2.05, 4.69) is 15.4 Å². The predicted molar refractivity (Wildman–Crippen MR) is 66.1 cm³/mol. The van der Waals surface area contributed by atoms with Crippen LogP contribution in [0.25, 0.3) is 11.8 Å². The van der Waals surface area contributed by atoms with Crippen LogP contribution in [0.2, 0.25) is 0 Å². The smallest absolute Gasteiger partial charge is 0.195 e. The molecule has 2 aromatic rings. The number of rotatable bonds is 1. The van der Waals surface area contributed by atoms with Crippen molar-refractivity contribution in [2.45, 2.75) is 6.04 Å². The van der Waals surface area contributed by atoms with Crippen molar-refractivity contribution in [3.63, 3.8) is 0 Å². The number of benzene rings is 1. The number of hydrogen-bond donors (Lipinski definition) is 1. The van der Waals surface area contributed by atoms with Crippen molar-refractivity contribution in [2.75, 3.05) is 0 Å². The summed E-state index contributed by atoms with van der Waals surface area (Å²) in [4.78, 5) is 6.22. The molecule has 94 valence electrons. The van der Waals surface area contributed by atoms with E-state index in [-0.39, 0.29) is 5.23 Å². The van der Waals surface area contributed by atoms with Gasteiger partial charge in [0.2, 0.25) is 0 Å². The number of hydrogen-bond acceptors (Lipinski definition) is 5. The van der Waals surface area contributed by atoms with Crippen LogP contribution in [-0.4, -0.2) is 26.7 Å². The molecule has 1 aliphatic carbocycles. The fourth-order valence-corrected chi connectivity index (χ4v) is 2.16. The summed E-state index contributed by atoms with van der Waals surface area (Å²) in [5.74, 6) is 0. The molecule has 1 aromatic heterocycles. The molecule has 1 aromatic carbocycles. The highest BCUT2D eigenvalue weighted by molar-refractivity contribution is 6.07. The van der Waals surface area contributed by atoms with Gasteiger partial charge in [-0.3, -0.25) is 0 Å². The van der Waals surface area contributed by atoms with Gasteiger partial charge in [0.25, 0.3) is 0 Å². The summed E-state index contributed by atoms with van der Waals surface area (Å²) in [5.41, 5.74) is 2.68. The molecule has 19 heavy (non-hydrogen) atoms. The third-order valence-corrected chi connectivity index (χ3v) is 3.10. The number of oxime groups is 1. The monoisotopic (exact) mass is 255 g/mol. The average Bonchev–Trinajstić information content (AvgIpc) is 3.03. The summed E-state index contributed by atoms with van der Waals surface area (Å²) >= 11 is 0. The molecule has 1 aliphatic heterocycles. The van der Waals surface area contributed by atoms with Gasteiger partial charge >= 0.3 is 0 Å². The van der Waals surface area contributed by atoms with E-state index in [1.165, 1.54) is 4.80 Å². The second kappa shape index (κ2) is 3.74. The molecule has 7 heteroatoms. The number of aromatic nitrogens is 3. The van der Waals surface area contributed by atoms with Gasteiger partial charge in [0.1, 0.15) is 11.4 Å². The Balaban J connectivity index is 1.82. The Bertz CT molecular complexity index is 691. The van der Waals surface area contributed by atoms with E-state index in [9.17, 15) is 5.21 Å². The molecule has 2 heterocycles. The van der Waals surface area contributed by atoms with Crippen molar-refractivity contribution in [1.29, 1.82) is 0 Å². The summed E-state index contributed by atoms with van der Waals surface area (Å²) < 4.78 is 0. The van der Waals surface area contributed by atoms with Crippen LogP contribution in [-0.2, 0) is 4.94 Å². The van der Waals surface area contributed by atoms with E-state index in [4.69, 9.17) is 4.94 Å². The standard InChI is InChI=1S/C12H9N5O2/c18-17-10-7-6-9-11(12(10)15-19-17)14-16(13-9)8-4-2-1-3-5-8/h1-7,10,17H. The second-order valence-corrected chi connectivity index (χ2v) is 4.28. The van der Waals surface area contributed by atoms with E-state index < -0.39 is 6.04 Å². The Morgan fingerprint density at radius 3 is 2.89 bits per heavy atom. The van der Waals surface area contributed by atoms with Gasteiger partial charge in [-0.25, -0.2) is 0 Å². The fourth-order valence-electron chi connectivity index (χ4n) is 2.16. The summed E-state index contributed by atoms with van der Waals surface area (Å²) in [6.07, 6.45) is 3.51. The fraction of sp³-hybridized carbons (Fsp3) is 0.0833. The second-order valence-electron chi connectivity index (χ2n) is 4.28. The lowest BCUT2D eigenvalue weighted by atomic mass is 10.0. The molecule has 0 saturated carbocycles. The summed E-state index contributed by atoms with van der Waals surface area (Å²) in [7, 11) is 0. The zero-order valence-corrected chi connectivity index (χ0v) is 9.72. The van der Waals surface area contributed by atoms with Crippen molar-refractivity contribution >= 4 is 11.8 Å². The highest BCUT2D eigenvalue weighted by atomic mass is 17.0. The van der Waals surface area contributed by atoms with Crippen LogP contribution >= 0.6 is 0 Å². The normalized spacial score (nSPS) is 23.5. The molecular weight excluding hydrogens is 246 g/mol. The van der Waals surface area contributed by atoms with Gasteiger partial charge in [0, 0.05) is 0 Å². The number of fused-ring (bicyclic) bond motifs is 3. The number of para-hydroxylation sites is 1. The Morgan fingerprint density at radius 1 is 1.21 bits per heavy atom. The number of nitrogens with one attached hydrogen (secondary N) is 1. The van der Waals surface area contributed by atoms with E-state index in [0.29, 0.717) is 17.1 Å². The summed E-state index contributed by atoms with van der Waals surface area (Å²) in [6.45, 7) is 0. The van der Waals surface area contributed by atoms with Gasteiger partial charge in [0.15, 0.2) is 11.8 Å². The molecule has 2 atom stereocenters. The van der Waals surface area contributed by atoms with Crippen LogP contribution < -0.4 is 5.23 Å². The van der Waals surface area contributed by atoms with Crippen LogP contribution in [0.4, 0.5) is 0 Å². The molecule has 1 N–H and O–H groups in total. The first-order valence-corrected chi connectivity index (χ1v) is 5.83. The predicted octanol–water partition coefficient (Wildman–Crippen LogP) is -0.305. The minimum Gasteiger partial charge on any atom is -0.588 e. The number of nitrogens with zero attached hydrogens (tertiary/aromatic N) is 4. The van der Waals surface area contributed by atoms with Crippen molar-refractivity contribution < 1.29 is 10.2 Å². The number of quaternary nitrogens is 1. The molecular formula is C12H9N5O2. The minimum absolute atomic E-state index is 0.369. The first-order valence-electron chi connectivity index (χ1n) is 5.83. The summed E-state index contributed by atoms with van der Waals surface area (Å²) in [5, 5.41) is 23.6. The van der Waals surface area contributed by atoms with Crippen molar-refractivity contribution in [3.05, 3.63) is 53.0 Å². The van der Waals surface area contributed by atoms with E-state index in [1.807, 2.05) is 30.3 Å². The topological polar surface area (TPSA) is 79.8 Å². The Labute approximate surface area is 107 Å². The molecule has 0 amide bonds. The van der Waals surface area contributed by atoms with Gasteiger partial charge in [0.05, 0.1) is 5.69 Å². The van der Waals surface area contributed by atoms with Gasteiger partial charge in [-0.2, -0.15) is 9.73 Å². The largest absolute Gasteiger partial charge is 0.588 e. The van der Waals surface area contributed by atoms with Crippen LogP contribution in [0.3, 0.4) is 0 Å². The molecule has 2 unspecified atom stereocenters. The quantitative estimate of drug-likeness (QED) is 0.709. The molecule has 0 spiro atoms. The van der Waals surface area contributed by atoms with Crippen LogP contribution in [0, 0.1) is 5.21 Å². The molecule has 7 nitrogen and oxygen atoms in total. The third kappa shape index (κ3) is 1.49. The molecule has 0 saturated heterocycles. The van der Waals surface area contributed by atoms with Gasteiger partial charge in [-0.15, -0.1) is 15.4 Å². The third-order valence-electron chi connectivity index (χ3n) is 3.10. The SMILES string of the molecule is [O-][NH+]1ON=C2c3nn(-c4ccccc4)nc3C=CC21. The first kappa shape index (κ1) is 10.4. The lowest BCUT2D eigenvalue weighted by Crippen LogP contribution is -3.08. The molecule has 0 radical (unpaired) electrons. The Hall–Kier alpha value is -2.51. The molecule has 0 bridgehead atoms. The lowest BCUT2D eigenvalue weighted by molar-refractivity contribution is -1.05. The van der Waals surface area contributed by atoms with Gasteiger partial charge in [-0.1, -0.05) is 18.2 Å². The van der Waals surface area contributed by atoms with Crippen molar-refractivity contribution in [2.24, 2.45) is 5.16 Å². The highest BCUT2D eigenvalue weighted by Gasteiger charge is 2.37. The maximum atomic E-state index is 11.5. The zero-order chi connectivity index (χ0) is 12.8. The van der Waals surface area contributed by atoms with Crippen LogP contribution in [0.1, 0.15) is 11.4 Å². The van der Waals surface area contributed by atoms with Crippen LogP contribution in [0.5, 0.6) is 0 Å². The minimum atomic E-state index is -0.451. The van der Waals surface area contributed by atoms with Crippen molar-refractivity contribution in [1.82, 2.24) is 15.0 Å². The van der Waals surface area contributed by atoms with Crippen molar-refractivity contribution in [3.8, 4) is 5.69 Å². The highest BCUT2D eigenvalue weighted by Crippen LogP contribution is 2.18. The molecule has 2 aliphatic rings. The van der Waals surface area contributed by atoms with Gasteiger partial charge in [-0.05, 0) is 29.4 Å². The average molecular weight is 255 g/mol. The lowest BCUT2D eigenvalue weighted by Gasteiger charge is -2.17. The molecule has 4 rings (SSSR count). The van der Waals surface area contributed by atoms with E-state index in [0.717, 1.165) is 5.69 Å². The Morgan fingerprint density at radius 2 is 2.05 bits per heavy atom.